The van der Waals surface area contributed by atoms with Gasteiger partial charge in [-0.25, -0.2) is 18.4 Å². The van der Waals surface area contributed by atoms with Crippen LogP contribution in [0.5, 0.6) is 5.88 Å². The van der Waals surface area contributed by atoms with E-state index < -0.39 is 10.0 Å². The molecule has 3 aromatic rings. The Bertz CT molecular complexity index is 1130. The summed E-state index contributed by atoms with van der Waals surface area (Å²) in [4.78, 5) is 11.5. The summed E-state index contributed by atoms with van der Waals surface area (Å²) in [5.41, 5.74) is 2.12. The highest BCUT2D eigenvalue weighted by atomic mass is 32.2. The maximum absolute atomic E-state index is 12.9. The van der Waals surface area contributed by atoms with Gasteiger partial charge in [0, 0.05) is 6.54 Å². The highest BCUT2D eigenvalue weighted by molar-refractivity contribution is 7.92. The minimum Gasteiger partial charge on any atom is -0.474 e. The first kappa shape index (κ1) is 20.6. The van der Waals surface area contributed by atoms with E-state index in [0.29, 0.717) is 17.6 Å². The average molecular weight is 427 g/mol. The number of ether oxygens (including phenoxy) is 1. The van der Waals surface area contributed by atoms with Crippen molar-refractivity contribution in [3.05, 3.63) is 54.1 Å². The Hall–Kier alpha value is -2.71. The number of para-hydroxylation sites is 2. The molecule has 0 aliphatic carbocycles. The summed E-state index contributed by atoms with van der Waals surface area (Å²) in [5, 5.41) is 0. The van der Waals surface area contributed by atoms with Gasteiger partial charge in [0.05, 0.1) is 15.9 Å². The van der Waals surface area contributed by atoms with Crippen LogP contribution in [0.25, 0.3) is 11.0 Å². The van der Waals surface area contributed by atoms with Crippen LogP contribution in [0.4, 0.5) is 5.82 Å². The molecule has 8 heteroatoms. The molecular formula is C22H26N4O3S. The lowest BCUT2D eigenvalue weighted by atomic mass is 10.1. The van der Waals surface area contributed by atoms with Crippen molar-refractivity contribution in [1.82, 2.24) is 14.9 Å². The van der Waals surface area contributed by atoms with E-state index in [1.807, 2.05) is 31.2 Å². The van der Waals surface area contributed by atoms with Crippen LogP contribution >= 0.6 is 0 Å². The van der Waals surface area contributed by atoms with Gasteiger partial charge in [-0.05, 0) is 62.7 Å². The fourth-order valence-electron chi connectivity index (χ4n) is 3.57. The van der Waals surface area contributed by atoms with Crippen molar-refractivity contribution in [1.29, 1.82) is 0 Å². The predicted octanol–water partition coefficient (Wildman–Crippen LogP) is 3.60. The van der Waals surface area contributed by atoms with Gasteiger partial charge in [-0.2, -0.15) is 0 Å². The van der Waals surface area contributed by atoms with Crippen LogP contribution in [-0.4, -0.2) is 49.5 Å². The van der Waals surface area contributed by atoms with Crippen LogP contribution in [0.3, 0.4) is 0 Å². The molecule has 0 atom stereocenters. The molecule has 0 bridgehead atoms. The van der Waals surface area contributed by atoms with E-state index in [1.54, 1.807) is 24.3 Å². The molecule has 1 aliphatic heterocycles. The van der Waals surface area contributed by atoms with Crippen LogP contribution in [0.2, 0.25) is 0 Å². The monoisotopic (exact) mass is 426 g/mol. The fourth-order valence-corrected chi connectivity index (χ4v) is 4.68. The first-order valence-corrected chi connectivity index (χ1v) is 11.7. The van der Waals surface area contributed by atoms with Crippen LogP contribution < -0.4 is 9.46 Å². The average Bonchev–Trinajstić information content (AvgIpc) is 2.74. The van der Waals surface area contributed by atoms with Gasteiger partial charge in [-0.15, -0.1) is 0 Å². The quantitative estimate of drug-likeness (QED) is 0.621. The molecule has 1 saturated heterocycles. The third-order valence-corrected chi connectivity index (χ3v) is 6.50. The zero-order chi connectivity index (χ0) is 21.0. The van der Waals surface area contributed by atoms with E-state index >= 15 is 0 Å². The summed E-state index contributed by atoms with van der Waals surface area (Å²) in [6.45, 7) is 5.19. The highest BCUT2D eigenvalue weighted by Gasteiger charge is 2.20. The van der Waals surface area contributed by atoms with Crippen molar-refractivity contribution in [3.63, 3.8) is 0 Å². The molecule has 0 amide bonds. The highest BCUT2D eigenvalue weighted by Crippen LogP contribution is 2.26. The Balaban J connectivity index is 1.59. The van der Waals surface area contributed by atoms with Crippen molar-refractivity contribution in [2.24, 2.45) is 0 Å². The molecule has 1 aliphatic rings. The number of sulfonamides is 1. The molecule has 158 valence electrons. The lowest BCUT2D eigenvalue weighted by Crippen LogP contribution is -2.33. The van der Waals surface area contributed by atoms with Gasteiger partial charge < -0.3 is 4.74 Å². The number of piperidine rings is 1. The zero-order valence-electron chi connectivity index (χ0n) is 17.0. The second-order valence-corrected chi connectivity index (χ2v) is 9.22. The summed E-state index contributed by atoms with van der Waals surface area (Å²) in [7, 11) is -3.82. The number of likely N-dealkylation sites (tertiary alicyclic amines) is 1. The normalized spacial score (nSPS) is 15.2. The third kappa shape index (κ3) is 4.88. The van der Waals surface area contributed by atoms with E-state index in [2.05, 4.69) is 19.6 Å². The lowest BCUT2D eigenvalue weighted by molar-refractivity contribution is 0.181. The van der Waals surface area contributed by atoms with Gasteiger partial charge in [0.25, 0.3) is 15.9 Å². The van der Waals surface area contributed by atoms with Crippen LogP contribution in [0, 0.1) is 6.92 Å². The molecule has 1 N–H and O–H groups in total. The van der Waals surface area contributed by atoms with Crippen LogP contribution in [-0.2, 0) is 10.0 Å². The second kappa shape index (κ2) is 8.97. The number of rotatable bonds is 7. The standard InChI is InChI=1S/C22H26N4O3S/c1-17-8-7-9-18(16-17)30(27,28)25-21-22(24-20-11-4-3-10-19(20)23-21)29-15-14-26-12-5-2-6-13-26/h3-4,7-11,16H,2,5-6,12-15H2,1H3,(H,23,25). The number of aryl methyl sites for hydroxylation is 1. The molecule has 2 aromatic carbocycles. The predicted molar refractivity (Wildman–Crippen MR) is 117 cm³/mol. The molecule has 4 rings (SSSR count). The van der Waals surface area contributed by atoms with Crippen LogP contribution in [0.1, 0.15) is 24.8 Å². The molecule has 30 heavy (non-hydrogen) atoms. The van der Waals surface area contributed by atoms with Gasteiger partial charge in [-0.3, -0.25) is 9.62 Å². The number of anilines is 1. The van der Waals surface area contributed by atoms with E-state index in [9.17, 15) is 8.42 Å². The molecule has 0 unspecified atom stereocenters. The fraction of sp³-hybridized carbons (Fsp3) is 0.364. The van der Waals surface area contributed by atoms with Crippen molar-refractivity contribution >= 4 is 26.9 Å². The van der Waals surface area contributed by atoms with Gasteiger partial charge in [-0.1, -0.05) is 30.7 Å². The number of aromatic nitrogens is 2. The Morgan fingerprint density at radius 3 is 2.47 bits per heavy atom. The molecule has 7 nitrogen and oxygen atoms in total. The van der Waals surface area contributed by atoms with E-state index in [4.69, 9.17) is 4.74 Å². The van der Waals surface area contributed by atoms with Crippen molar-refractivity contribution < 1.29 is 13.2 Å². The van der Waals surface area contributed by atoms with Gasteiger partial charge >= 0.3 is 0 Å². The summed E-state index contributed by atoms with van der Waals surface area (Å²) < 4.78 is 34.3. The molecule has 1 fully saturated rings. The summed E-state index contributed by atoms with van der Waals surface area (Å²) in [6.07, 6.45) is 3.69. The van der Waals surface area contributed by atoms with E-state index in [-0.39, 0.29) is 16.6 Å². The van der Waals surface area contributed by atoms with Crippen molar-refractivity contribution in [2.75, 3.05) is 31.0 Å². The van der Waals surface area contributed by atoms with Gasteiger partial charge in [0.2, 0.25) is 5.82 Å². The first-order valence-electron chi connectivity index (χ1n) is 10.2. The number of hydrogen-bond acceptors (Lipinski definition) is 6. The van der Waals surface area contributed by atoms with E-state index in [0.717, 1.165) is 25.2 Å². The Labute approximate surface area is 177 Å². The minimum absolute atomic E-state index is 0.105. The topological polar surface area (TPSA) is 84.4 Å². The Morgan fingerprint density at radius 2 is 1.73 bits per heavy atom. The number of nitrogens with zero attached hydrogens (tertiary/aromatic N) is 3. The summed E-state index contributed by atoms with van der Waals surface area (Å²) >= 11 is 0. The number of benzene rings is 2. The Morgan fingerprint density at radius 1 is 1.00 bits per heavy atom. The van der Waals surface area contributed by atoms with Crippen molar-refractivity contribution in [3.8, 4) is 5.88 Å². The maximum Gasteiger partial charge on any atom is 0.263 e. The minimum atomic E-state index is -3.82. The molecule has 1 aromatic heterocycles. The summed E-state index contributed by atoms with van der Waals surface area (Å²) in [5.74, 6) is 0.302. The van der Waals surface area contributed by atoms with Gasteiger partial charge in [0.15, 0.2) is 0 Å². The van der Waals surface area contributed by atoms with E-state index in [1.165, 1.54) is 19.3 Å². The lowest BCUT2D eigenvalue weighted by Gasteiger charge is -2.26. The molecule has 0 saturated carbocycles. The zero-order valence-corrected chi connectivity index (χ0v) is 17.9. The Kier molecular flexibility index (Phi) is 6.15. The van der Waals surface area contributed by atoms with Gasteiger partial charge in [0.1, 0.15) is 6.61 Å². The molecule has 0 radical (unpaired) electrons. The molecule has 0 spiro atoms. The molecular weight excluding hydrogens is 400 g/mol. The summed E-state index contributed by atoms with van der Waals surface area (Å²) in [6, 6.07) is 14.1. The SMILES string of the molecule is Cc1cccc(S(=O)(=O)Nc2nc3ccccc3nc2OCCN2CCCCC2)c1. The number of fused-ring (bicyclic) bond motifs is 1. The maximum atomic E-state index is 12.9. The second-order valence-electron chi connectivity index (χ2n) is 7.54. The van der Waals surface area contributed by atoms with Crippen LogP contribution in [0.15, 0.2) is 53.4 Å². The number of nitrogens with one attached hydrogen (secondary N) is 1. The van der Waals surface area contributed by atoms with Crippen molar-refractivity contribution in [2.45, 2.75) is 31.1 Å². The molecule has 2 heterocycles. The smallest absolute Gasteiger partial charge is 0.263 e. The number of hydrogen-bond donors (Lipinski definition) is 1. The first-order chi connectivity index (χ1) is 14.5. The third-order valence-electron chi connectivity index (χ3n) is 5.16. The largest absolute Gasteiger partial charge is 0.474 e.